The van der Waals surface area contributed by atoms with Gasteiger partial charge in [-0.1, -0.05) is 5.57 Å². The Morgan fingerprint density at radius 2 is 1.92 bits per heavy atom. The highest BCUT2D eigenvalue weighted by Gasteiger charge is 2.44. The molecule has 2 rings (SSSR count). The van der Waals surface area contributed by atoms with Crippen LogP contribution in [0.3, 0.4) is 0 Å². The number of allylic oxidation sites excluding steroid dienone is 1. The van der Waals surface area contributed by atoms with E-state index in [9.17, 15) is 35.4 Å². The van der Waals surface area contributed by atoms with Crippen LogP contribution in [0.5, 0.6) is 0 Å². The van der Waals surface area contributed by atoms with Gasteiger partial charge >= 0.3 is 5.97 Å². The number of aliphatic carboxylic acids is 1. The molecule has 1 aliphatic carbocycles. The Hall–Kier alpha value is -1.07. The SMILES string of the molecule is CC1=C(CO[C@H]2O[C@@H](CO)[C@H](O)[C@@H](O)[C@@H]2O)[C@@H]([C@@H](CO)C(=O)O)CC1. The lowest BCUT2D eigenvalue weighted by Crippen LogP contribution is -2.59. The van der Waals surface area contributed by atoms with E-state index in [0.29, 0.717) is 12.8 Å². The molecule has 0 saturated carbocycles. The van der Waals surface area contributed by atoms with Crippen LogP contribution in [0, 0.1) is 11.8 Å². The van der Waals surface area contributed by atoms with Crippen molar-refractivity contribution in [2.75, 3.05) is 19.8 Å². The third kappa shape index (κ3) is 4.20. The average Bonchev–Trinajstić information content (AvgIpc) is 2.93. The third-order valence-electron chi connectivity index (χ3n) is 5.08. The van der Waals surface area contributed by atoms with Gasteiger partial charge in [0.2, 0.25) is 0 Å². The molecule has 0 amide bonds. The van der Waals surface area contributed by atoms with Crippen LogP contribution in [0.25, 0.3) is 0 Å². The van der Waals surface area contributed by atoms with Crippen LogP contribution < -0.4 is 0 Å². The van der Waals surface area contributed by atoms with E-state index in [1.807, 2.05) is 6.92 Å². The fourth-order valence-corrected chi connectivity index (χ4v) is 3.45. The van der Waals surface area contributed by atoms with Crippen LogP contribution in [0.2, 0.25) is 0 Å². The normalized spacial score (nSPS) is 37.4. The molecule has 9 nitrogen and oxygen atoms in total. The van der Waals surface area contributed by atoms with Gasteiger partial charge in [0.25, 0.3) is 0 Å². The summed E-state index contributed by atoms with van der Waals surface area (Å²) >= 11 is 0. The minimum absolute atomic E-state index is 0.0387. The van der Waals surface area contributed by atoms with Crippen LogP contribution in [0.1, 0.15) is 19.8 Å². The maximum absolute atomic E-state index is 11.3. The van der Waals surface area contributed by atoms with Gasteiger partial charge in [-0.2, -0.15) is 0 Å². The Kier molecular flexibility index (Phi) is 6.92. The third-order valence-corrected chi connectivity index (χ3v) is 5.08. The molecule has 0 aromatic carbocycles. The number of aliphatic hydroxyl groups is 5. The van der Waals surface area contributed by atoms with Crippen molar-refractivity contribution in [3.05, 3.63) is 11.1 Å². The summed E-state index contributed by atoms with van der Waals surface area (Å²) in [5.41, 5.74) is 1.67. The molecule has 144 valence electrons. The summed E-state index contributed by atoms with van der Waals surface area (Å²) in [5, 5.41) is 57.3. The van der Waals surface area contributed by atoms with Crippen LogP contribution >= 0.6 is 0 Å². The molecule has 6 N–H and O–H groups in total. The van der Waals surface area contributed by atoms with Crippen molar-refractivity contribution < 1.29 is 44.9 Å². The molecule has 2 aliphatic rings. The summed E-state index contributed by atoms with van der Waals surface area (Å²) < 4.78 is 10.8. The highest BCUT2D eigenvalue weighted by atomic mass is 16.7. The van der Waals surface area contributed by atoms with E-state index in [1.165, 1.54) is 0 Å². The summed E-state index contributed by atoms with van der Waals surface area (Å²) in [7, 11) is 0. The summed E-state index contributed by atoms with van der Waals surface area (Å²) in [6.45, 7) is 0.767. The number of hydrogen-bond donors (Lipinski definition) is 6. The van der Waals surface area contributed by atoms with E-state index in [1.54, 1.807) is 0 Å². The number of aliphatic hydroxyl groups excluding tert-OH is 5. The first-order valence-corrected chi connectivity index (χ1v) is 8.26. The smallest absolute Gasteiger partial charge is 0.309 e. The molecule has 0 spiro atoms. The molecule has 0 radical (unpaired) electrons. The first-order valence-electron chi connectivity index (χ1n) is 8.26. The second kappa shape index (κ2) is 8.54. The monoisotopic (exact) mass is 362 g/mol. The highest BCUT2D eigenvalue weighted by molar-refractivity contribution is 5.71. The first kappa shape index (κ1) is 20.2. The zero-order valence-electron chi connectivity index (χ0n) is 14.0. The van der Waals surface area contributed by atoms with Gasteiger partial charge in [-0.3, -0.25) is 4.79 Å². The van der Waals surface area contributed by atoms with Crippen LogP contribution in [0.4, 0.5) is 0 Å². The molecular weight excluding hydrogens is 336 g/mol. The maximum atomic E-state index is 11.3. The van der Waals surface area contributed by atoms with Gasteiger partial charge in [-0.15, -0.1) is 0 Å². The average molecular weight is 362 g/mol. The topological polar surface area (TPSA) is 157 Å². The molecule has 9 heteroatoms. The van der Waals surface area contributed by atoms with Crippen molar-refractivity contribution in [2.45, 2.75) is 50.5 Å². The summed E-state index contributed by atoms with van der Waals surface area (Å²) in [6.07, 6.45) is -5.58. The van der Waals surface area contributed by atoms with Gasteiger partial charge in [0.15, 0.2) is 6.29 Å². The van der Waals surface area contributed by atoms with Crippen molar-refractivity contribution in [2.24, 2.45) is 11.8 Å². The Labute approximate surface area is 145 Å². The lowest BCUT2D eigenvalue weighted by Gasteiger charge is -2.39. The minimum atomic E-state index is -1.53. The Balaban J connectivity index is 2.05. The number of carboxylic acid groups (broad SMARTS) is 1. The van der Waals surface area contributed by atoms with Crippen molar-refractivity contribution in [1.29, 1.82) is 0 Å². The van der Waals surface area contributed by atoms with E-state index >= 15 is 0 Å². The van der Waals surface area contributed by atoms with Crippen molar-refractivity contribution in [3.8, 4) is 0 Å². The van der Waals surface area contributed by atoms with E-state index in [2.05, 4.69) is 0 Å². The molecule has 7 atom stereocenters. The van der Waals surface area contributed by atoms with E-state index < -0.39 is 55.8 Å². The lowest BCUT2D eigenvalue weighted by molar-refractivity contribution is -0.299. The number of ether oxygens (including phenoxy) is 2. The van der Waals surface area contributed by atoms with Gasteiger partial charge in [0.1, 0.15) is 24.4 Å². The van der Waals surface area contributed by atoms with Crippen LogP contribution in [-0.4, -0.2) is 87.1 Å². The Morgan fingerprint density at radius 3 is 2.48 bits per heavy atom. The first-order chi connectivity index (χ1) is 11.8. The van der Waals surface area contributed by atoms with E-state index in [4.69, 9.17) is 9.47 Å². The number of hydrogen-bond acceptors (Lipinski definition) is 8. The second-order valence-corrected chi connectivity index (χ2v) is 6.59. The van der Waals surface area contributed by atoms with Gasteiger partial charge in [-0.05, 0) is 31.3 Å². The predicted molar refractivity (Wildman–Crippen MR) is 83.4 cm³/mol. The maximum Gasteiger partial charge on any atom is 0.309 e. The second-order valence-electron chi connectivity index (χ2n) is 6.59. The molecule has 1 fully saturated rings. The lowest BCUT2D eigenvalue weighted by atomic mass is 9.87. The Bertz CT molecular complexity index is 504. The van der Waals surface area contributed by atoms with Gasteiger partial charge in [0, 0.05) is 0 Å². The molecule has 0 unspecified atom stereocenters. The summed E-state index contributed by atoms with van der Waals surface area (Å²) in [6, 6.07) is 0. The molecule has 0 aromatic heterocycles. The minimum Gasteiger partial charge on any atom is -0.481 e. The quantitative estimate of drug-likeness (QED) is 0.288. The van der Waals surface area contributed by atoms with Gasteiger partial charge in [0.05, 0.1) is 25.7 Å². The summed E-state index contributed by atoms with van der Waals surface area (Å²) in [5.74, 6) is -2.41. The van der Waals surface area contributed by atoms with Crippen LogP contribution in [-0.2, 0) is 14.3 Å². The molecule has 1 aliphatic heterocycles. The van der Waals surface area contributed by atoms with Gasteiger partial charge < -0.3 is 40.1 Å². The standard InChI is InChI=1S/C16H26O9/c1-7-2-3-8(9(4-17)15(22)23)10(7)6-24-16-14(21)13(20)12(19)11(5-18)25-16/h8-9,11-14,16-21H,2-6H2,1H3,(H,22,23)/t8-,9-,11+,12+,13-,14+,16+/m1/s1. The Morgan fingerprint density at radius 1 is 1.24 bits per heavy atom. The summed E-state index contributed by atoms with van der Waals surface area (Å²) in [4.78, 5) is 11.3. The predicted octanol–water partition coefficient (Wildman–Crippen LogP) is -1.78. The molecule has 1 heterocycles. The van der Waals surface area contributed by atoms with E-state index in [0.717, 1.165) is 11.1 Å². The largest absolute Gasteiger partial charge is 0.481 e. The molecule has 0 aromatic rings. The molecule has 1 saturated heterocycles. The van der Waals surface area contributed by atoms with Crippen molar-refractivity contribution in [1.82, 2.24) is 0 Å². The highest BCUT2D eigenvalue weighted by Crippen LogP contribution is 2.37. The number of rotatable bonds is 7. The zero-order valence-corrected chi connectivity index (χ0v) is 14.0. The molecule has 0 bridgehead atoms. The molecule has 25 heavy (non-hydrogen) atoms. The zero-order chi connectivity index (χ0) is 18.7. The van der Waals surface area contributed by atoms with Crippen LogP contribution in [0.15, 0.2) is 11.1 Å². The number of carbonyl (C=O) groups is 1. The fourth-order valence-electron chi connectivity index (χ4n) is 3.45. The van der Waals surface area contributed by atoms with Crippen molar-refractivity contribution in [3.63, 3.8) is 0 Å². The van der Waals surface area contributed by atoms with E-state index in [-0.39, 0.29) is 12.5 Å². The fraction of sp³-hybridized carbons (Fsp3) is 0.812. The number of carboxylic acids is 1. The van der Waals surface area contributed by atoms with Gasteiger partial charge in [-0.25, -0.2) is 0 Å². The molecular formula is C16H26O9. The van der Waals surface area contributed by atoms with Crippen molar-refractivity contribution >= 4 is 5.97 Å².